The Morgan fingerprint density at radius 2 is 2.00 bits per heavy atom. The number of halogens is 2. The fourth-order valence-electron chi connectivity index (χ4n) is 3.60. The summed E-state index contributed by atoms with van der Waals surface area (Å²) in [6.07, 6.45) is 0.649. The number of hydrogen-bond acceptors (Lipinski definition) is 4. The van der Waals surface area contributed by atoms with E-state index in [4.69, 9.17) is 25.8 Å². The van der Waals surface area contributed by atoms with E-state index in [1.807, 2.05) is 6.92 Å². The maximum absolute atomic E-state index is 14.6. The van der Waals surface area contributed by atoms with Gasteiger partial charge in [-0.2, -0.15) is 0 Å². The van der Waals surface area contributed by atoms with Crippen LogP contribution in [0.4, 0.5) is 10.1 Å². The van der Waals surface area contributed by atoms with E-state index in [1.54, 1.807) is 43.5 Å². The SMILES string of the molecule is COCC(C)Oc1ccc(NC(=O)C2(c3ccccc3F)CCOCC2)cc1Cl. The van der Waals surface area contributed by atoms with Crippen LogP contribution in [0.25, 0.3) is 0 Å². The minimum absolute atomic E-state index is 0.162. The summed E-state index contributed by atoms with van der Waals surface area (Å²) in [5, 5.41) is 3.27. The number of amides is 1. The Kier molecular flexibility index (Phi) is 7.11. The zero-order valence-corrected chi connectivity index (χ0v) is 17.3. The number of hydrogen-bond donors (Lipinski definition) is 1. The third kappa shape index (κ3) is 4.89. The van der Waals surface area contributed by atoms with Crippen LogP contribution in [0.3, 0.4) is 0 Å². The number of methoxy groups -OCH3 is 1. The molecule has 0 bridgehead atoms. The van der Waals surface area contributed by atoms with E-state index in [0.29, 0.717) is 54.7 Å². The molecule has 0 spiro atoms. The van der Waals surface area contributed by atoms with Crippen molar-refractivity contribution in [1.29, 1.82) is 0 Å². The lowest BCUT2D eigenvalue weighted by Crippen LogP contribution is -2.45. The highest BCUT2D eigenvalue weighted by molar-refractivity contribution is 6.32. The zero-order valence-electron chi connectivity index (χ0n) is 16.5. The first-order chi connectivity index (χ1) is 14.0. The van der Waals surface area contributed by atoms with Crippen LogP contribution in [0.1, 0.15) is 25.3 Å². The van der Waals surface area contributed by atoms with Crippen molar-refractivity contribution in [3.05, 3.63) is 58.9 Å². The quantitative estimate of drug-likeness (QED) is 0.711. The van der Waals surface area contributed by atoms with Gasteiger partial charge in [-0.15, -0.1) is 0 Å². The first kappa shape index (κ1) is 21.6. The van der Waals surface area contributed by atoms with Gasteiger partial charge in [-0.3, -0.25) is 4.79 Å². The van der Waals surface area contributed by atoms with E-state index in [1.165, 1.54) is 6.07 Å². The van der Waals surface area contributed by atoms with Gasteiger partial charge in [0.05, 0.1) is 17.0 Å². The van der Waals surface area contributed by atoms with Crippen molar-refractivity contribution in [3.8, 4) is 5.75 Å². The molecule has 1 heterocycles. The second-order valence-electron chi connectivity index (χ2n) is 7.16. The van der Waals surface area contributed by atoms with Gasteiger partial charge >= 0.3 is 0 Å². The molecule has 1 aliphatic rings. The summed E-state index contributed by atoms with van der Waals surface area (Å²) in [5.74, 6) is -0.161. The summed E-state index contributed by atoms with van der Waals surface area (Å²) in [5.41, 5.74) is -0.0766. The van der Waals surface area contributed by atoms with Crippen molar-refractivity contribution in [2.24, 2.45) is 0 Å². The zero-order chi connectivity index (χ0) is 20.9. The molecule has 1 aliphatic heterocycles. The molecule has 0 radical (unpaired) electrons. The summed E-state index contributed by atoms with van der Waals surface area (Å²) < 4.78 is 30.8. The predicted molar refractivity (Wildman–Crippen MR) is 110 cm³/mol. The van der Waals surface area contributed by atoms with Crippen molar-refractivity contribution in [1.82, 2.24) is 0 Å². The summed E-state index contributed by atoms with van der Waals surface area (Å²) in [7, 11) is 1.60. The number of anilines is 1. The van der Waals surface area contributed by atoms with Gasteiger partial charge < -0.3 is 19.5 Å². The smallest absolute Gasteiger partial charge is 0.235 e. The van der Waals surface area contributed by atoms with Gasteiger partial charge in [0.25, 0.3) is 0 Å². The highest BCUT2D eigenvalue weighted by Crippen LogP contribution is 2.38. The molecule has 1 atom stereocenters. The Morgan fingerprint density at radius 1 is 1.28 bits per heavy atom. The molecule has 2 aromatic carbocycles. The van der Waals surface area contributed by atoms with Crippen LogP contribution in [-0.4, -0.2) is 38.9 Å². The van der Waals surface area contributed by atoms with E-state index >= 15 is 0 Å². The fraction of sp³-hybridized carbons (Fsp3) is 0.409. The summed E-state index contributed by atoms with van der Waals surface area (Å²) in [6, 6.07) is 11.4. The predicted octanol–water partition coefficient (Wildman–Crippen LogP) is 4.58. The molecule has 1 unspecified atom stereocenters. The number of carbonyl (C=O) groups excluding carboxylic acids is 1. The summed E-state index contributed by atoms with van der Waals surface area (Å²) in [6.45, 7) is 3.10. The molecule has 2 aromatic rings. The molecule has 156 valence electrons. The van der Waals surface area contributed by atoms with Crippen LogP contribution in [0, 0.1) is 5.82 Å². The molecule has 7 heteroatoms. The number of rotatable bonds is 7. The van der Waals surface area contributed by atoms with E-state index in [9.17, 15) is 9.18 Å². The van der Waals surface area contributed by atoms with Gasteiger partial charge in [0.2, 0.25) is 5.91 Å². The Labute approximate surface area is 175 Å². The minimum Gasteiger partial charge on any atom is -0.487 e. The van der Waals surface area contributed by atoms with E-state index in [2.05, 4.69) is 5.32 Å². The molecule has 1 amide bonds. The average molecular weight is 422 g/mol. The van der Waals surface area contributed by atoms with Gasteiger partial charge in [-0.1, -0.05) is 29.8 Å². The molecule has 0 aromatic heterocycles. The van der Waals surface area contributed by atoms with Gasteiger partial charge in [0, 0.05) is 31.6 Å². The van der Waals surface area contributed by atoms with E-state index in [0.717, 1.165) is 0 Å². The van der Waals surface area contributed by atoms with Crippen molar-refractivity contribution >= 4 is 23.2 Å². The average Bonchev–Trinajstić information content (AvgIpc) is 2.71. The lowest BCUT2D eigenvalue weighted by Gasteiger charge is -2.36. The maximum atomic E-state index is 14.6. The standard InChI is InChI=1S/C22H25ClFNO4/c1-15(14-27-2)29-20-8-7-16(13-18(20)23)25-21(26)22(9-11-28-12-10-22)17-5-3-4-6-19(17)24/h3-8,13,15H,9-12,14H2,1-2H3,(H,25,26). The third-order valence-electron chi connectivity index (χ3n) is 5.09. The minimum atomic E-state index is -0.988. The van der Waals surface area contributed by atoms with Crippen molar-refractivity contribution in [3.63, 3.8) is 0 Å². The van der Waals surface area contributed by atoms with Crippen LogP contribution in [0.15, 0.2) is 42.5 Å². The Morgan fingerprint density at radius 3 is 2.66 bits per heavy atom. The molecule has 5 nitrogen and oxygen atoms in total. The third-order valence-corrected chi connectivity index (χ3v) is 5.39. The Balaban J connectivity index is 1.82. The lowest BCUT2D eigenvalue weighted by atomic mass is 9.73. The number of carbonyl (C=O) groups is 1. The molecule has 1 N–H and O–H groups in total. The molecule has 1 fully saturated rings. The van der Waals surface area contributed by atoms with Gasteiger partial charge in [0.15, 0.2) is 0 Å². The second-order valence-corrected chi connectivity index (χ2v) is 7.56. The van der Waals surface area contributed by atoms with Gasteiger partial charge in [0.1, 0.15) is 17.7 Å². The van der Waals surface area contributed by atoms with Crippen molar-refractivity contribution < 1.29 is 23.4 Å². The number of ether oxygens (including phenoxy) is 3. The van der Waals surface area contributed by atoms with Crippen LogP contribution in [0.2, 0.25) is 5.02 Å². The summed E-state index contributed by atoms with van der Waals surface area (Å²) >= 11 is 6.32. The topological polar surface area (TPSA) is 56.8 Å². The van der Waals surface area contributed by atoms with Gasteiger partial charge in [-0.25, -0.2) is 4.39 Å². The molecule has 1 saturated heterocycles. The highest BCUT2D eigenvalue weighted by atomic mass is 35.5. The largest absolute Gasteiger partial charge is 0.487 e. The van der Waals surface area contributed by atoms with Crippen LogP contribution < -0.4 is 10.1 Å². The van der Waals surface area contributed by atoms with Crippen molar-refractivity contribution in [2.45, 2.75) is 31.3 Å². The lowest BCUT2D eigenvalue weighted by molar-refractivity contribution is -0.125. The number of benzene rings is 2. The molecular formula is C22H25ClFNO4. The van der Waals surface area contributed by atoms with Crippen LogP contribution in [-0.2, 0) is 19.7 Å². The Bertz CT molecular complexity index is 854. The molecule has 3 rings (SSSR count). The van der Waals surface area contributed by atoms with E-state index < -0.39 is 11.2 Å². The molecule has 0 aliphatic carbocycles. The highest BCUT2D eigenvalue weighted by Gasteiger charge is 2.43. The molecule has 29 heavy (non-hydrogen) atoms. The normalized spacial score (nSPS) is 16.8. The van der Waals surface area contributed by atoms with Crippen LogP contribution in [0.5, 0.6) is 5.75 Å². The van der Waals surface area contributed by atoms with Crippen molar-refractivity contribution in [2.75, 3.05) is 32.2 Å². The first-order valence-corrected chi connectivity index (χ1v) is 9.93. The molecular weight excluding hydrogens is 397 g/mol. The summed E-state index contributed by atoms with van der Waals surface area (Å²) in [4.78, 5) is 13.3. The van der Waals surface area contributed by atoms with Gasteiger partial charge in [-0.05, 0) is 44.0 Å². The fourth-order valence-corrected chi connectivity index (χ4v) is 3.82. The van der Waals surface area contributed by atoms with E-state index in [-0.39, 0.29) is 12.0 Å². The maximum Gasteiger partial charge on any atom is 0.235 e. The first-order valence-electron chi connectivity index (χ1n) is 9.55. The second kappa shape index (κ2) is 9.57. The Hall–Kier alpha value is -2.15. The monoisotopic (exact) mass is 421 g/mol. The van der Waals surface area contributed by atoms with Crippen LogP contribution >= 0.6 is 11.6 Å². The molecule has 0 saturated carbocycles. The number of nitrogens with one attached hydrogen (secondary N) is 1.